The Morgan fingerprint density at radius 1 is 1.05 bits per heavy atom. The van der Waals surface area contributed by atoms with Gasteiger partial charge in [-0.1, -0.05) is 42.0 Å². The number of rotatable bonds is 4. The predicted octanol–water partition coefficient (Wildman–Crippen LogP) is 4.85. The fourth-order valence-electron chi connectivity index (χ4n) is 2.91. The third kappa shape index (κ3) is 3.88. The number of hydrogen-bond donors (Lipinski definition) is 2. The molecule has 22 heavy (non-hydrogen) atoms. The summed E-state index contributed by atoms with van der Waals surface area (Å²) in [5, 5.41) is 8.15. The van der Waals surface area contributed by atoms with Crippen LogP contribution in [0.25, 0.3) is 10.8 Å². The van der Waals surface area contributed by atoms with Gasteiger partial charge < -0.3 is 10.6 Å². The molecule has 0 fully saturated rings. The third-order valence-corrected chi connectivity index (χ3v) is 4.12. The average Bonchev–Trinajstić information content (AvgIpc) is 2.56. The van der Waals surface area contributed by atoms with Gasteiger partial charge in [-0.3, -0.25) is 0 Å². The molecule has 0 unspecified atom stereocenters. The van der Waals surface area contributed by atoms with E-state index in [-0.39, 0.29) is 6.03 Å². The molecule has 0 saturated carbocycles. The first-order valence-electron chi connectivity index (χ1n) is 8.03. The molecule has 0 aliphatic heterocycles. The van der Waals surface area contributed by atoms with Crippen molar-refractivity contribution in [2.24, 2.45) is 0 Å². The van der Waals surface area contributed by atoms with Crippen LogP contribution in [-0.2, 0) is 0 Å². The lowest BCUT2D eigenvalue weighted by Crippen LogP contribution is -2.29. The van der Waals surface area contributed by atoms with E-state index in [0.717, 1.165) is 17.5 Å². The van der Waals surface area contributed by atoms with Crippen LogP contribution in [0.5, 0.6) is 0 Å². The number of allylic oxidation sites excluding steroid dienone is 1. The monoisotopic (exact) mass is 294 g/mol. The van der Waals surface area contributed by atoms with E-state index in [1.807, 2.05) is 36.4 Å². The molecule has 0 atom stereocenters. The topological polar surface area (TPSA) is 41.1 Å². The summed E-state index contributed by atoms with van der Waals surface area (Å²) in [7, 11) is 0. The lowest BCUT2D eigenvalue weighted by Gasteiger charge is -2.13. The molecule has 3 rings (SSSR count). The van der Waals surface area contributed by atoms with Gasteiger partial charge in [0.05, 0.1) is 0 Å². The molecular weight excluding hydrogens is 272 g/mol. The number of urea groups is 1. The lowest BCUT2D eigenvalue weighted by atomic mass is 9.97. The first-order valence-corrected chi connectivity index (χ1v) is 8.03. The van der Waals surface area contributed by atoms with Crippen molar-refractivity contribution < 1.29 is 4.79 Å². The molecule has 3 heteroatoms. The Balaban J connectivity index is 1.51. The van der Waals surface area contributed by atoms with Gasteiger partial charge in [-0.25, -0.2) is 4.79 Å². The summed E-state index contributed by atoms with van der Waals surface area (Å²) in [6, 6.07) is 14.0. The number of anilines is 1. The van der Waals surface area contributed by atoms with Gasteiger partial charge in [-0.2, -0.15) is 0 Å². The van der Waals surface area contributed by atoms with Crippen LogP contribution in [-0.4, -0.2) is 12.6 Å². The molecule has 0 bridgehead atoms. The van der Waals surface area contributed by atoms with Crippen LogP contribution in [0.15, 0.2) is 54.1 Å². The highest BCUT2D eigenvalue weighted by Gasteiger charge is 2.05. The van der Waals surface area contributed by atoms with Gasteiger partial charge >= 0.3 is 6.03 Å². The summed E-state index contributed by atoms with van der Waals surface area (Å²) in [5.41, 5.74) is 2.31. The fourth-order valence-corrected chi connectivity index (χ4v) is 2.91. The van der Waals surface area contributed by atoms with Gasteiger partial charge in [0.1, 0.15) is 0 Å². The Bertz CT molecular complexity index is 691. The Labute approximate surface area is 131 Å². The first-order chi connectivity index (χ1) is 10.8. The van der Waals surface area contributed by atoms with Crippen molar-refractivity contribution >= 4 is 22.5 Å². The molecule has 0 spiro atoms. The summed E-state index contributed by atoms with van der Waals surface area (Å²) in [6.45, 7) is 0.700. The first kappa shape index (κ1) is 14.6. The predicted molar refractivity (Wildman–Crippen MR) is 92.1 cm³/mol. The van der Waals surface area contributed by atoms with Gasteiger partial charge in [-0.15, -0.1) is 0 Å². The number of benzene rings is 2. The quantitative estimate of drug-likeness (QED) is 0.777. The van der Waals surface area contributed by atoms with Crippen molar-refractivity contribution in [2.75, 3.05) is 11.9 Å². The molecule has 3 nitrogen and oxygen atoms in total. The molecule has 0 aromatic heterocycles. The highest BCUT2D eigenvalue weighted by Crippen LogP contribution is 2.20. The molecule has 114 valence electrons. The molecule has 2 N–H and O–H groups in total. The van der Waals surface area contributed by atoms with Crippen LogP contribution >= 0.6 is 0 Å². The number of nitrogens with one attached hydrogen (secondary N) is 2. The second-order valence-electron chi connectivity index (χ2n) is 5.80. The minimum absolute atomic E-state index is 0.133. The number of amides is 2. The minimum Gasteiger partial charge on any atom is -0.338 e. The average molecular weight is 294 g/mol. The van der Waals surface area contributed by atoms with Crippen LogP contribution in [0.1, 0.15) is 32.1 Å². The van der Waals surface area contributed by atoms with Crippen LogP contribution in [0.2, 0.25) is 0 Å². The van der Waals surface area contributed by atoms with E-state index in [2.05, 4.69) is 22.8 Å². The van der Waals surface area contributed by atoms with Gasteiger partial charge in [-0.05, 0) is 55.0 Å². The number of fused-ring (bicyclic) bond motifs is 1. The summed E-state index contributed by atoms with van der Waals surface area (Å²) in [5.74, 6) is 0. The van der Waals surface area contributed by atoms with E-state index >= 15 is 0 Å². The molecule has 0 heterocycles. The van der Waals surface area contributed by atoms with Crippen LogP contribution in [0.4, 0.5) is 10.5 Å². The zero-order chi connectivity index (χ0) is 15.2. The zero-order valence-electron chi connectivity index (χ0n) is 12.8. The van der Waals surface area contributed by atoms with Crippen molar-refractivity contribution in [3.8, 4) is 0 Å². The molecule has 2 amide bonds. The third-order valence-electron chi connectivity index (χ3n) is 4.12. The summed E-state index contributed by atoms with van der Waals surface area (Å²) < 4.78 is 0. The largest absolute Gasteiger partial charge is 0.338 e. The fraction of sp³-hybridized carbons (Fsp3) is 0.316. The van der Waals surface area contributed by atoms with E-state index in [0.29, 0.717) is 6.54 Å². The number of carbonyl (C=O) groups is 1. The van der Waals surface area contributed by atoms with E-state index in [4.69, 9.17) is 0 Å². The SMILES string of the molecule is O=C(NCCC1=CCCCC1)Nc1ccc2ccccc2c1. The Kier molecular flexibility index (Phi) is 4.74. The van der Waals surface area contributed by atoms with Gasteiger partial charge in [0.25, 0.3) is 0 Å². The Hall–Kier alpha value is -2.29. The maximum absolute atomic E-state index is 11.9. The molecule has 0 saturated heterocycles. The van der Waals surface area contributed by atoms with Crippen molar-refractivity contribution in [3.05, 3.63) is 54.1 Å². The van der Waals surface area contributed by atoms with E-state index < -0.39 is 0 Å². The molecule has 2 aromatic rings. The molecule has 2 aromatic carbocycles. The molecule has 1 aliphatic carbocycles. The Morgan fingerprint density at radius 2 is 1.91 bits per heavy atom. The van der Waals surface area contributed by atoms with Crippen molar-refractivity contribution in [1.82, 2.24) is 5.32 Å². The highest BCUT2D eigenvalue weighted by molar-refractivity contribution is 5.93. The van der Waals surface area contributed by atoms with Gasteiger partial charge in [0, 0.05) is 12.2 Å². The number of carbonyl (C=O) groups excluding carboxylic acids is 1. The maximum atomic E-state index is 11.9. The van der Waals surface area contributed by atoms with E-state index in [9.17, 15) is 4.79 Å². The minimum atomic E-state index is -0.133. The summed E-state index contributed by atoms with van der Waals surface area (Å²) in [4.78, 5) is 11.9. The zero-order valence-corrected chi connectivity index (χ0v) is 12.8. The van der Waals surface area contributed by atoms with Crippen LogP contribution in [0.3, 0.4) is 0 Å². The van der Waals surface area contributed by atoms with Crippen molar-refractivity contribution in [1.29, 1.82) is 0 Å². The van der Waals surface area contributed by atoms with Crippen LogP contribution < -0.4 is 10.6 Å². The smallest absolute Gasteiger partial charge is 0.319 e. The van der Waals surface area contributed by atoms with Crippen molar-refractivity contribution in [2.45, 2.75) is 32.1 Å². The second kappa shape index (κ2) is 7.12. The summed E-state index contributed by atoms with van der Waals surface area (Å²) >= 11 is 0. The maximum Gasteiger partial charge on any atom is 0.319 e. The van der Waals surface area contributed by atoms with Crippen LogP contribution in [0, 0.1) is 0 Å². The second-order valence-corrected chi connectivity index (χ2v) is 5.80. The summed E-state index contributed by atoms with van der Waals surface area (Å²) in [6.07, 6.45) is 8.26. The number of hydrogen-bond acceptors (Lipinski definition) is 1. The normalized spacial score (nSPS) is 14.5. The molecular formula is C19H22N2O. The highest BCUT2D eigenvalue weighted by atomic mass is 16.2. The standard InChI is InChI=1S/C19H22N2O/c22-19(20-13-12-15-6-2-1-3-7-15)21-18-11-10-16-8-4-5-9-17(16)14-18/h4-6,8-11,14H,1-3,7,12-13H2,(H2,20,21,22). The van der Waals surface area contributed by atoms with E-state index in [1.54, 1.807) is 0 Å². The van der Waals surface area contributed by atoms with Gasteiger partial charge in [0.2, 0.25) is 0 Å². The molecule has 0 radical (unpaired) electrons. The van der Waals surface area contributed by atoms with Gasteiger partial charge in [0.15, 0.2) is 0 Å². The Morgan fingerprint density at radius 3 is 2.73 bits per heavy atom. The van der Waals surface area contributed by atoms with E-state index in [1.165, 1.54) is 36.6 Å². The lowest BCUT2D eigenvalue weighted by molar-refractivity contribution is 0.252. The van der Waals surface area contributed by atoms with Crippen molar-refractivity contribution in [3.63, 3.8) is 0 Å². The molecule has 1 aliphatic rings.